The van der Waals surface area contributed by atoms with Crippen LogP contribution in [0.15, 0.2) is 0 Å². The zero-order valence-corrected chi connectivity index (χ0v) is 13.4. The number of rotatable bonds is 8. The van der Waals surface area contributed by atoms with E-state index in [-0.39, 0.29) is 34.0 Å². The molecule has 0 radical (unpaired) electrons. The number of hydrogen-bond acceptors (Lipinski definition) is 2. The molecule has 0 aromatic carbocycles. The van der Waals surface area contributed by atoms with Gasteiger partial charge in [-0.2, -0.15) is 0 Å². The second-order valence-corrected chi connectivity index (χ2v) is 3.69. The van der Waals surface area contributed by atoms with Crippen LogP contribution in [0.1, 0.15) is 39.5 Å². The minimum Gasteiger partial charge on any atom is -0.399 e. The lowest BCUT2D eigenvalue weighted by Gasteiger charge is -2.03. The molecule has 5 heteroatoms. The molecular weight excluding hydrogens is 316 g/mol. The fourth-order valence-electron chi connectivity index (χ4n) is 0.670. The van der Waals surface area contributed by atoms with E-state index in [1.807, 2.05) is 0 Å². The summed E-state index contributed by atoms with van der Waals surface area (Å²) in [6.45, 7) is 6.13. The van der Waals surface area contributed by atoms with Crippen LogP contribution in [0, 0.1) is 0 Å². The van der Waals surface area contributed by atoms with Crippen molar-refractivity contribution in [1.82, 2.24) is 0 Å². The van der Waals surface area contributed by atoms with Gasteiger partial charge in [-0.05, 0) is 12.8 Å². The molecule has 0 rings (SSSR count). The number of halogens is 2. The van der Waals surface area contributed by atoms with Crippen molar-refractivity contribution in [3.8, 4) is 0 Å². The normalized spacial score (nSPS) is 8.77. The van der Waals surface area contributed by atoms with E-state index in [0.29, 0.717) is 0 Å². The van der Waals surface area contributed by atoms with Gasteiger partial charge in [-0.1, -0.05) is 26.7 Å². The van der Waals surface area contributed by atoms with Gasteiger partial charge in [0.05, 0.1) is 0 Å². The SMILES string of the molecule is Br.Br.CCCCO[SiH2]OCCCC. The topological polar surface area (TPSA) is 18.5 Å². The fourth-order valence-corrected chi connectivity index (χ4v) is 1.43. The third kappa shape index (κ3) is 19.5. The highest BCUT2D eigenvalue weighted by Crippen LogP contribution is 1.89. The average Bonchev–Trinajstić information content (AvgIpc) is 2.03. The van der Waals surface area contributed by atoms with Crippen molar-refractivity contribution < 1.29 is 8.85 Å². The van der Waals surface area contributed by atoms with E-state index in [1.54, 1.807) is 0 Å². The van der Waals surface area contributed by atoms with Crippen molar-refractivity contribution in [2.24, 2.45) is 0 Å². The van der Waals surface area contributed by atoms with Crippen LogP contribution < -0.4 is 0 Å². The van der Waals surface area contributed by atoms with Crippen LogP contribution in [0.3, 0.4) is 0 Å². The lowest BCUT2D eigenvalue weighted by molar-refractivity contribution is 0.216. The van der Waals surface area contributed by atoms with Gasteiger partial charge in [0, 0.05) is 13.2 Å². The number of hydrogen-bond donors (Lipinski definition) is 0. The molecule has 0 fully saturated rings. The highest BCUT2D eigenvalue weighted by molar-refractivity contribution is 8.93. The Labute approximate surface area is 105 Å². The van der Waals surface area contributed by atoms with Gasteiger partial charge in [0.15, 0.2) is 0 Å². The Kier molecular flexibility index (Phi) is 28.4. The van der Waals surface area contributed by atoms with E-state index in [9.17, 15) is 0 Å². The van der Waals surface area contributed by atoms with Crippen LogP contribution in [0.5, 0.6) is 0 Å². The summed E-state index contributed by atoms with van der Waals surface area (Å²) in [5.41, 5.74) is 0. The molecule has 0 unspecified atom stereocenters. The Morgan fingerprint density at radius 3 is 1.54 bits per heavy atom. The molecule has 0 aromatic rings. The predicted molar refractivity (Wildman–Crippen MR) is 70.9 cm³/mol. The summed E-state index contributed by atoms with van der Waals surface area (Å²) in [6.07, 6.45) is 4.76. The van der Waals surface area contributed by atoms with Gasteiger partial charge in [0.2, 0.25) is 0 Å². The average molecular weight is 338 g/mol. The van der Waals surface area contributed by atoms with Crippen molar-refractivity contribution >= 4 is 44.0 Å². The van der Waals surface area contributed by atoms with Gasteiger partial charge in [0.25, 0.3) is 0 Å². The second-order valence-electron chi connectivity index (χ2n) is 2.64. The summed E-state index contributed by atoms with van der Waals surface area (Å²) >= 11 is 0. The molecule has 0 aliphatic heterocycles. The molecule has 0 aliphatic carbocycles. The highest BCUT2D eigenvalue weighted by Gasteiger charge is 1.88. The smallest absolute Gasteiger partial charge is 0.304 e. The predicted octanol–water partition coefficient (Wildman–Crippen LogP) is 2.77. The van der Waals surface area contributed by atoms with Crippen molar-refractivity contribution in [1.29, 1.82) is 0 Å². The molecule has 0 atom stereocenters. The summed E-state index contributed by atoms with van der Waals surface area (Å²) < 4.78 is 10.7. The van der Waals surface area contributed by atoms with E-state index in [2.05, 4.69) is 13.8 Å². The van der Waals surface area contributed by atoms with Gasteiger partial charge in [-0.3, -0.25) is 0 Å². The standard InChI is InChI=1S/C8H20O2Si.2BrH/c1-3-5-7-9-11-10-8-6-4-2;;/h3-8,11H2,1-2H3;2*1H. The van der Waals surface area contributed by atoms with E-state index >= 15 is 0 Å². The van der Waals surface area contributed by atoms with Gasteiger partial charge in [0.1, 0.15) is 0 Å². The van der Waals surface area contributed by atoms with Crippen LogP contribution in [0.25, 0.3) is 0 Å². The first kappa shape index (κ1) is 19.6. The van der Waals surface area contributed by atoms with Crippen molar-refractivity contribution in [3.05, 3.63) is 0 Å². The largest absolute Gasteiger partial charge is 0.399 e. The Balaban J connectivity index is -0.000000500. The molecule has 0 N–H and O–H groups in total. The Hall–Kier alpha value is 1.10. The molecule has 0 amide bonds. The van der Waals surface area contributed by atoms with E-state index < -0.39 is 10.0 Å². The number of unbranched alkanes of at least 4 members (excludes halogenated alkanes) is 2. The lowest BCUT2D eigenvalue weighted by atomic mass is 10.4. The maximum Gasteiger partial charge on any atom is 0.304 e. The Morgan fingerprint density at radius 2 is 1.23 bits per heavy atom. The van der Waals surface area contributed by atoms with Gasteiger partial charge in [-0.15, -0.1) is 34.0 Å². The first-order chi connectivity index (χ1) is 5.41. The lowest BCUT2D eigenvalue weighted by Crippen LogP contribution is -2.06. The third-order valence-electron chi connectivity index (χ3n) is 1.45. The van der Waals surface area contributed by atoms with E-state index in [1.165, 1.54) is 25.7 Å². The molecule has 0 aliphatic rings. The second kappa shape index (κ2) is 18.8. The Bertz CT molecular complexity index is 69.2. The summed E-state index contributed by atoms with van der Waals surface area (Å²) in [5.74, 6) is 0. The maximum absolute atomic E-state index is 5.34. The van der Waals surface area contributed by atoms with Crippen LogP contribution in [-0.4, -0.2) is 23.2 Å². The summed E-state index contributed by atoms with van der Waals surface area (Å²) in [6, 6.07) is 0. The van der Waals surface area contributed by atoms with Crippen LogP contribution in [0.2, 0.25) is 0 Å². The van der Waals surface area contributed by atoms with Crippen molar-refractivity contribution in [2.75, 3.05) is 13.2 Å². The molecular formula is C8H22Br2O2Si. The summed E-state index contributed by atoms with van der Waals surface area (Å²) in [7, 11) is -0.629. The minimum atomic E-state index is -0.629. The van der Waals surface area contributed by atoms with Gasteiger partial charge >= 0.3 is 10.0 Å². The van der Waals surface area contributed by atoms with Crippen LogP contribution >= 0.6 is 34.0 Å². The first-order valence-electron chi connectivity index (χ1n) is 4.57. The monoisotopic (exact) mass is 336 g/mol. The zero-order chi connectivity index (χ0) is 8.36. The molecule has 0 saturated carbocycles. The van der Waals surface area contributed by atoms with Crippen molar-refractivity contribution in [2.45, 2.75) is 39.5 Å². The fraction of sp³-hybridized carbons (Fsp3) is 1.00. The van der Waals surface area contributed by atoms with Gasteiger partial charge in [-0.25, -0.2) is 0 Å². The minimum absolute atomic E-state index is 0. The highest BCUT2D eigenvalue weighted by atomic mass is 79.9. The summed E-state index contributed by atoms with van der Waals surface area (Å²) in [5, 5.41) is 0. The molecule has 84 valence electrons. The molecule has 0 saturated heterocycles. The van der Waals surface area contributed by atoms with E-state index in [0.717, 1.165) is 13.2 Å². The van der Waals surface area contributed by atoms with Crippen molar-refractivity contribution in [3.63, 3.8) is 0 Å². The van der Waals surface area contributed by atoms with Gasteiger partial charge < -0.3 is 8.85 Å². The zero-order valence-electron chi connectivity index (χ0n) is 8.58. The maximum atomic E-state index is 5.34. The molecule has 0 spiro atoms. The van der Waals surface area contributed by atoms with Crippen LogP contribution in [-0.2, 0) is 8.85 Å². The molecule has 0 heterocycles. The van der Waals surface area contributed by atoms with E-state index in [4.69, 9.17) is 8.85 Å². The molecule has 0 aromatic heterocycles. The Morgan fingerprint density at radius 1 is 0.846 bits per heavy atom. The first-order valence-corrected chi connectivity index (χ1v) is 5.72. The molecule has 0 bridgehead atoms. The summed E-state index contributed by atoms with van der Waals surface area (Å²) in [4.78, 5) is 0. The molecule has 2 nitrogen and oxygen atoms in total. The van der Waals surface area contributed by atoms with Crippen LogP contribution in [0.4, 0.5) is 0 Å². The quantitative estimate of drug-likeness (QED) is 0.501. The third-order valence-corrected chi connectivity index (χ3v) is 2.36. The molecule has 13 heavy (non-hydrogen) atoms.